The van der Waals surface area contributed by atoms with Crippen molar-refractivity contribution in [3.8, 4) is 0 Å². The minimum absolute atomic E-state index is 0.355. The van der Waals surface area contributed by atoms with Crippen molar-refractivity contribution in [2.75, 3.05) is 0 Å². The molecule has 2 aromatic carbocycles. The maximum Gasteiger partial charge on any atom is 0.251 e. The van der Waals surface area contributed by atoms with Gasteiger partial charge in [0.1, 0.15) is 6.04 Å². The minimum Gasteiger partial charge on any atom is -0.368 e. The minimum atomic E-state index is -0.754. The zero-order valence-corrected chi connectivity index (χ0v) is 12.0. The molecular weight excluding hydrogens is 288 g/mol. The predicted molar refractivity (Wildman–Crippen MR) is 82.0 cm³/mol. The summed E-state index contributed by atoms with van der Waals surface area (Å²) in [7, 11) is 0. The van der Waals surface area contributed by atoms with Gasteiger partial charge in [-0.05, 0) is 29.8 Å². The van der Waals surface area contributed by atoms with Gasteiger partial charge >= 0.3 is 0 Å². The van der Waals surface area contributed by atoms with Gasteiger partial charge in [0.25, 0.3) is 5.91 Å². The van der Waals surface area contributed by atoms with Crippen LogP contribution >= 0.6 is 11.6 Å². The molecule has 2 amide bonds. The molecule has 0 saturated heterocycles. The molecule has 0 aromatic heterocycles. The highest BCUT2D eigenvalue weighted by Gasteiger charge is 2.19. The van der Waals surface area contributed by atoms with Crippen molar-refractivity contribution in [2.24, 2.45) is 5.73 Å². The fraction of sp³-hybridized carbons (Fsp3) is 0.125. The van der Waals surface area contributed by atoms with Gasteiger partial charge in [0.2, 0.25) is 5.91 Å². The number of carbonyl (C=O) groups is 2. The van der Waals surface area contributed by atoms with Crippen LogP contribution in [0.25, 0.3) is 0 Å². The summed E-state index contributed by atoms with van der Waals surface area (Å²) in [6.45, 7) is 0. The highest BCUT2D eigenvalue weighted by atomic mass is 35.5. The Morgan fingerprint density at radius 2 is 1.67 bits per heavy atom. The average molecular weight is 303 g/mol. The molecule has 3 N–H and O–H groups in total. The van der Waals surface area contributed by atoms with Gasteiger partial charge in [0.05, 0.1) is 0 Å². The van der Waals surface area contributed by atoms with E-state index in [9.17, 15) is 9.59 Å². The van der Waals surface area contributed by atoms with Gasteiger partial charge in [-0.3, -0.25) is 9.59 Å². The molecular formula is C16H15ClN2O2. The van der Waals surface area contributed by atoms with Gasteiger partial charge in [-0.2, -0.15) is 0 Å². The van der Waals surface area contributed by atoms with Crippen LogP contribution in [0.3, 0.4) is 0 Å². The van der Waals surface area contributed by atoms with E-state index in [0.29, 0.717) is 17.0 Å². The summed E-state index contributed by atoms with van der Waals surface area (Å²) in [5.41, 5.74) is 6.72. The molecule has 0 radical (unpaired) electrons. The molecule has 21 heavy (non-hydrogen) atoms. The number of hydrogen-bond acceptors (Lipinski definition) is 2. The summed E-state index contributed by atoms with van der Waals surface area (Å²) in [6.07, 6.45) is 0.357. The Morgan fingerprint density at radius 1 is 1.05 bits per heavy atom. The number of carbonyl (C=O) groups excluding carboxylic acids is 2. The maximum atomic E-state index is 12.1. The van der Waals surface area contributed by atoms with Crippen LogP contribution in [-0.4, -0.2) is 17.9 Å². The van der Waals surface area contributed by atoms with Gasteiger partial charge in [-0.15, -0.1) is 0 Å². The third-order valence-corrected chi connectivity index (χ3v) is 3.29. The van der Waals surface area contributed by atoms with E-state index in [-0.39, 0.29) is 5.91 Å². The Morgan fingerprint density at radius 3 is 2.24 bits per heavy atom. The second-order valence-corrected chi connectivity index (χ2v) is 5.06. The summed E-state index contributed by atoms with van der Waals surface area (Å²) in [4.78, 5) is 23.6. The Hall–Kier alpha value is -2.33. The Bertz CT molecular complexity index is 626. The van der Waals surface area contributed by atoms with Crippen LogP contribution in [0.5, 0.6) is 0 Å². The van der Waals surface area contributed by atoms with Gasteiger partial charge in [0.15, 0.2) is 0 Å². The average Bonchev–Trinajstić information content (AvgIpc) is 2.48. The number of hydrogen-bond donors (Lipinski definition) is 2. The van der Waals surface area contributed by atoms with E-state index in [4.69, 9.17) is 17.3 Å². The molecule has 0 aliphatic rings. The fourth-order valence-corrected chi connectivity index (χ4v) is 2.04. The normalized spacial score (nSPS) is 11.7. The van der Waals surface area contributed by atoms with E-state index in [1.807, 2.05) is 30.3 Å². The molecule has 0 aliphatic heterocycles. The smallest absolute Gasteiger partial charge is 0.251 e. The lowest BCUT2D eigenvalue weighted by Crippen LogP contribution is -2.45. The van der Waals surface area contributed by atoms with Crippen molar-refractivity contribution in [1.29, 1.82) is 0 Å². The second kappa shape index (κ2) is 6.90. The standard InChI is InChI=1S/C16H15ClN2O2/c17-13-8-6-12(7-9-13)16(21)19-14(15(18)20)10-11-4-2-1-3-5-11/h1-9,14H,10H2,(H2,18,20)(H,19,21)/t14-/m1/s1. The third-order valence-electron chi connectivity index (χ3n) is 3.04. The topological polar surface area (TPSA) is 72.2 Å². The summed E-state index contributed by atoms with van der Waals surface area (Å²) in [5, 5.41) is 3.19. The molecule has 5 heteroatoms. The number of amides is 2. The zero-order chi connectivity index (χ0) is 15.2. The fourth-order valence-electron chi connectivity index (χ4n) is 1.92. The lowest BCUT2D eigenvalue weighted by atomic mass is 10.0. The molecule has 0 fully saturated rings. The maximum absolute atomic E-state index is 12.1. The SMILES string of the molecule is NC(=O)[C@@H](Cc1ccccc1)NC(=O)c1ccc(Cl)cc1. The number of primary amides is 1. The molecule has 0 aliphatic carbocycles. The number of nitrogens with two attached hydrogens (primary N) is 1. The summed E-state index contributed by atoms with van der Waals surface area (Å²) < 4.78 is 0. The zero-order valence-electron chi connectivity index (χ0n) is 11.3. The van der Waals surface area contributed by atoms with Crippen LogP contribution in [0.4, 0.5) is 0 Å². The largest absolute Gasteiger partial charge is 0.368 e. The Kier molecular flexibility index (Phi) is 4.95. The van der Waals surface area contributed by atoms with Crippen molar-refractivity contribution >= 4 is 23.4 Å². The number of nitrogens with one attached hydrogen (secondary N) is 1. The van der Waals surface area contributed by atoms with Crippen molar-refractivity contribution in [1.82, 2.24) is 5.32 Å². The molecule has 0 bridgehead atoms. The van der Waals surface area contributed by atoms with Crippen LogP contribution in [0.1, 0.15) is 15.9 Å². The molecule has 1 atom stereocenters. The van der Waals surface area contributed by atoms with Crippen molar-refractivity contribution in [2.45, 2.75) is 12.5 Å². The van der Waals surface area contributed by atoms with Gasteiger partial charge < -0.3 is 11.1 Å². The molecule has 0 saturated carbocycles. The van der Waals surface area contributed by atoms with Crippen LogP contribution < -0.4 is 11.1 Å². The van der Waals surface area contributed by atoms with Crippen molar-refractivity contribution in [3.63, 3.8) is 0 Å². The predicted octanol–water partition coefficient (Wildman–Crippen LogP) is 2.17. The molecule has 0 unspecified atom stereocenters. The van der Waals surface area contributed by atoms with Crippen LogP contribution in [0.15, 0.2) is 54.6 Å². The summed E-state index contributed by atoms with van der Waals surface area (Å²) in [6, 6.07) is 15.1. The molecule has 2 rings (SSSR count). The molecule has 2 aromatic rings. The van der Waals surface area contributed by atoms with Gasteiger partial charge in [-0.25, -0.2) is 0 Å². The Labute approximate surface area is 127 Å². The summed E-state index contributed by atoms with van der Waals surface area (Å²) >= 11 is 5.77. The third kappa shape index (κ3) is 4.33. The quantitative estimate of drug-likeness (QED) is 0.888. The van der Waals surface area contributed by atoms with Crippen molar-refractivity contribution in [3.05, 3.63) is 70.7 Å². The highest BCUT2D eigenvalue weighted by Crippen LogP contribution is 2.10. The van der Waals surface area contributed by atoms with Crippen LogP contribution in [-0.2, 0) is 11.2 Å². The molecule has 108 valence electrons. The van der Waals surface area contributed by atoms with Gasteiger partial charge in [-0.1, -0.05) is 41.9 Å². The van der Waals surface area contributed by atoms with E-state index in [0.717, 1.165) is 5.56 Å². The molecule has 0 spiro atoms. The van der Waals surface area contributed by atoms with E-state index < -0.39 is 11.9 Å². The van der Waals surface area contributed by atoms with E-state index >= 15 is 0 Å². The van der Waals surface area contributed by atoms with Crippen LogP contribution in [0, 0.1) is 0 Å². The monoisotopic (exact) mass is 302 g/mol. The second-order valence-electron chi connectivity index (χ2n) is 4.63. The van der Waals surface area contributed by atoms with Crippen LogP contribution in [0.2, 0.25) is 5.02 Å². The first-order valence-electron chi connectivity index (χ1n) is 6.46. The number of benzene rings is 2. The lowest BCUT2D eigenvalue weighted by molar-refractivity contribution is -0.119. The summed E-state index contributed by atoms with van der Waals surface area (Å²) in [5.74, 6) is -0.924. The van der Waals surface area contributed by atoms with E-state index in [2.05, 4.69) is 5.32 Å². The number of halogens is 1. The van der Waals surface area contributed by atoms with E-state index in [1.165, 1.54) is 0 Å². The van der Waals surface area contributed by atoms with Crippen molar-refractivity contribution < 1.29 is 9.59 Å². The van der Waals surface area contributed by atoms with Gasteiger partial charge in [0, 0.05) is 17.0 Å². The van der Waals surface area contributed by atoms with E-state index in [1.54, 1.807) is 24.3 Å². The first-order valence-corrected chi connectivity index (χ1v) is 6.84. The highest BCUT2D eigenvalue weighted by molar-refractivity contribution is 6.30. The molecule has 0 heterocycles. The first-order chi connectivity index (χ1) is 10.1. The lowest BCUT2D eigenvalue weighted by Gasteiger charge is -2.15. The Balaban J connectivity index is 2.07. The number of rotatable bonds is 5. The first kappa shape index (κ1) is 15.1. The molecule has 4 nitrogen and oxygen atoms in total.